The summed E-state index contributed by atoms with van der Waals surface area (Å²) in [5.74, 6) is -4.77. The Labute approximate surface area is 118 Å². The predicted molar refractivity (Wildman–Crippen MR) is 70.2 cm³/mol. The summed E-state index contributed by atoms with van der Waals surface area (Å²) >= 11 is 0. The molecular formula is C16H24F4. The van der Waals surface area contributed by atoms with Gasteiger partial charge in [0.05, 0.1) is 5.92 Å². The van der Waals surface area contributed by atoms with Crippen LogP contribution in [0.3, 0.4) is 0 Å². The molecular weight excluding hydrogens is 268 g/mol. The predicted octanol–water partition coefficient (Wildman–Crippen LogP) is 5.17. The fourth-order valence-electron chi connectivity index (χ4n) is 4.91. The second kappa shape index (κ2) is 5.17. The monoisotopic (exact) mass is 292 g/mol. The molecule has 0 aromatic carbocycles. The van der Waals surface area contributed by atoms with Crippen molar-refractivity contribution in [3.8, 4) is 0 Å². The van der Waals surface area contributed by atoms with E-state index >= 15 is 0 Å². The van der Waals surface area contributed by atoms with Crippen molar-refractivity contribution in [2.24, 2.45) is 29.6 Å². The molecule has 20 heavy (non-hydrogen) atoms. The molecule has 4 unspecified atom stereocenters. The van der Waals surface area contributed by atoms with Crippen molar-refractivity contribution in [2.45, 2.75) is 70.1 Å². The summed E-state index contributed by atoms with van der Waals surface area (Å²) in [6, 6.07) is 0. The van der Waals surface area contributed by atoms with Crippen LogP contribution in [0.4, 0.5) is 17.6 Å². The van der Waals surface area contributed by atoms with Crippen LogP contribution in [-0.4, -0.2) is 18.3 Å². The first kappa shape index (κ1) is 14.6. The van der Waals surface area contributed by atoms with Crippen LogP contribution < -0.4 is 0 Å². The highest BCUT2D eigenvalue weighted by molar-refractivity contribution is 5.06. The second-order valence-corrected chi connectivity index (χ2v) is 7.36. The summed E-state index contributed by atoms with van der Waals surface area (Å²) in [7, 11) is 0. The van der Waals surface area contributed by atoms with Crippen molar-refractivity contribution in [2.75, 3.05) is 0 Å². The fraction of sp³-hybridized carbons (Fsp3) is 1.00. The van der Waals surface area contributed by atoms with Gasteiger partial charge in [0.25, 0.3) is 5.92 Å². The minimum absolute atomic E-state index is 0.0112. The molecule has 0 radical (unpaired) electrons. The third kappa shape index (κ3) is 2.27. The van der Waals surface area contributed by atoms with Crippen LogP contribution >= 0.6 is 0 Å². The minimum Gasteiger partial charge on any atom is -0.244 e. The number of rotatable bonds is 1. The van der Waals surface area contributed by atoms with Gasteiger partial charge >= 0.3 is 0 Å². The topological polar surface area (TPSA) is 0 Å². The molecule has 0 aromatic rings. The number of alkyl halides is 4. The van der Waals surface area contributed by atoms with E-state index in [0.29, 0.717) is 18.8 Å². The second-order valence-electron chi connectivity index (χ2n) is 7.36. The Balaban J connectivity index is 1.77. The smallest absolute Gasteiger partial charge is 0.244 e. The summed E-state index contributed by atoms with van der Waals surface area (Å²) in [6.45, 7) is 2.16. The zero-order valence-corrected chi connectivity index (χ0v) is 12.0. The summed E-state index contributed by atoms with van der Waals surface area (Å²) in [5.41, 5.74) is 0. The molecule has 0 bridgehead atoms. The first-order chi connectivity index (χ1) is 9.41. The Kier molecular flexibility index (Phi) is 3.79. The van der Waals surface area contributed by atoms with Crippen LogP contribution in [0.15, 0.2) is 0 Å². The van der Waals surface area contributed by atoms with Crippen molar-refractivity contribution >= 4 is 0 Å². The summed E-state index contributed by atoms with van der Waals surface area (Å²) in [6.07, 6.45) is 0.962. The molecule has 3 fully saturated rings. The Morgan fingerprint density at radius 3 is 2.10 bits per heavy atom. The molecule has 0 amide bonds. The SMILES string of the molecule is CC1CCC([C@H]2CC3CCC(F)C(F)C3C2(F)F)CC1. The lowest BCUT2D eigenvalue weighted by atomic mass is 9.74. The van der Waals surface area contributed by atoms with Gasteiger partial charge in [-0.2, -0.15) is 0 Å². The molecule has 5 atom stereocenters. The fourth-order valence-corrected chi connectivity index (χ4v) is 4.91. The number of hydrogen-bond donors (Lipinski definition) is 0. The van der Waals surface area contributed by atoms with Crippen molar-refractivity contribution in [1.29, 1.82) is 0 Å². The van der Waals surface area contributed by atoms with Crippen LogP contribution in [0.25, 0.3) is 0 Å². The minimum atomic E-state index is -3.01. The number of hydrogen-bond acceptors (Lipinski definition) is 0. The number of halogens is 4. The number of fused-ring (bicyclic) bond motifs is 1. The summed E-state index contributed by atoms with van der Waals surface area (Å²) in [4.78, 5) is 0. The van der Waals surface area contributed by atoms with Crippen LogP contribution in [0.1, 0.15) is 51.9 Å². The zero-order valence-electron chi connectivity index (χ0n) is 12.0. The largest absolute Gasteiger partial charge is 0.257 e. The molecule has 3 aliphatic rings. The van der Waals surface area contributed by atoms with Crippen molar-refractivity contribution in [3.05, 3.63) is 0 Å². The van der Waals surface area contributed by atoms with E-state index in [1.54, 1.807) is 0 Å². The van der Waals surface area contributed by atoms with E-state index in [0.717, 1.165) is 25.7 Å². The normalized spacial score (nSPS) is 51.8. The molecule has 0 saturated heterocycles. The van der Waals surface area contributed by atoms with Crippen molar-refractivity contribution in [3.63, 3.8) is 0 Å². The molecule has 0 spiro atoms. The maximum Gasteiger partial charge on any atom is 0.257 e. The highest BCUT2D eigenvalue weighted by Crippen LogP contribution is 2.59. The summed E-state index contributed by atoms with van der Waals surface area (Å²) in [5, 5.41) is 0. The highest BCUT2D eigenvalue weighted by Gasteiger charge is 2.64. The maximum absolute atomic E-state index is 14.6. The van der Waals surface area contributed by atoms with E-state index < -0.39 is 30.1 Å². The van der Waals surface area contributed by atoms with E-state index in [4.69, 9.17) is 0 Å². The Morgan fingerprint density at radius 2 is 1.45 bits per heavy atom. The van der Waals surface area contributed by atoms with Crippen molar-refractivity contribution in [1.82, 2.24) is 0 Å². The van der Waals surface area contributed by atoms with Gasteiger partial charge in [0.1, 0.15) is 12.3 Å². The maximum atomic E-state index is 14.6. The third-order valence-corrected chi connectivity index (χ3v) is 6.13. The molecule has 0 aliphatic heterocycles. The molecule has 0 nitrogen and oxygen atoms in total. The lowest BCUT2D eigenvalue weighted by Crippen LogP contribution is -2.45. The van der Waals surface area contributed by atoms with E-state index in [1.165, 1.54) is 0 Å². The standard InChI is InChI=1S/C16H24F4/c1-9-2-4-10(5-3-9)12-8-11-6-7-13(17)15(18)14(11)16(12,19)20/h9-15H,2-8H2,1H3/t9?,10?,11?,12-,13?,14?,15?/m1/s1. The molecule has 3 saturated carbocycles. The van der Waals surface area contributed by atoms with Gasteiger partial charge in [-0.1, -0.05) is 19.8 Å². The van der Waals surface area contributed by atoms with E-state index in [9.17, 15) is 17.6 Å². The average Bonchev–Trinajstić information content (AvgIpc) is 2.67. The van der Waals surface area contributed by atoms with Gasteiger partial charge in [-0.15, -0.1) is 0 Å². The molecule has 0 aromatic heterocycles. The third-order valence-electron chi connectivity index (χ3n) is 6.13. The molecule has 0 heterocycles. The Bertz CT molecular complexity index is 348. The van der Waals surface area contributed by atoms with Gasteiger partial charge in [0.15, 0.2) is 0 Å². The van der Waals surface area contributed by atoms with E-state index in [-0.39, 0.29) is 18.3 Å². The van der Waals surface area contributed by atoms with Crippen LogP contribution in [0.2, 0.25) is 0 Å². The molecule has 3 aliphatic carbocycles. The lowest BCUT2D eigenvalue weighted by molar-refractivity contribution is -0.139. The lowest BCUT2D eigenvalue weighted by Gasteiger charge is -2.37. The van der Waals surface area contributed by atoms with Gasteiger partial charge in [0.2, 0.25) is 0 Å². The van der Waals surface area contributed by atoms with Gasteiger partial charge in [-0.05, 0) is 49.9 Å². The molecule has 3 rings (SSSR count). The Morgan fingerprint density at radius 1 is 0.850 bits per heavy atom. The van der Waals surface area contributed by atoms with Crippen LogP contribution in [-0.2, 0) is 0 Å². The van der Waals surface area contributed by atoms with Crippen LogP contribution in [0, 0.1) is 29.6 Å². The van der Waals surface area contributed by atoms with Crippen molar-refractivity contribution < 1.29 is 17.6 Å². The van der Waals surface area contributed by atoms with Gasteiger partial charge in [-0.25, -0.2) is 17.6 Å². The van der Waals surface area contributed by atoms with Gasteiger partial charge in [0, 0.05) is 5.92 Å². The van der Waals surface area contributed by atoms with E-state index in [1.807, 2.05) is 0 Å². The van der Waals surface area contributed by atoms with Crippen LogP contribution in [0.5, 0.6) is 0 Å². The molecule has 0 N–H and O–H groups in total. The Hall–Kier alpha value is -0.280. The summed E-state index contributed by atoms with van der Waals surface area (Å²) < 4.78 is 56.7. The first-order valence-corrected chi connectivity index (χ1v) is 8.07. The molecule has 4 heteroatoms. The highest BCUT2D eigenvalue weighted by atomic mass is 19.3. The quantitative estimate of drug-likeness (QED) is 0.585. The van der Waals surface area contributed by atoms with Gasteiger partial charge in [-0.3, -0.25) is 0 Å². The van der Waals surface area contributed by atoms with E-state index in [2.05, 4.69) is 6.92 Å². The first-order valence-electron chi connectivity index (χ1n) is 8.07. The average molecular weight is 292 g/mol. The van der Waals surface area contributed by atoms with Gasteiger partial charge < -0.3 is 0 Å². The molecule has 116 valence electrons. The zero-order chi connectivity index (χ0) is 14.5.